The molecule has 1 fully saturated rings. The van der Waals surface area contributed by atoms with Gasteiger partial charge >= 0.3 is 6.18 Å². The highest BCUT2D eigenvalue weighted by molar-refractivity contribution is 7.90. The molecule has 1 saturated heterocycles. The number of nitrogens with zero attached hydrogens (tertiary/aromatic N) is 2. The van der Waals surface area contributed by atoms with Gasteiger partial charge in [0.05, 0.1) is 16.1 Å². The van der Waals surface area contributed by atoms with E-state index in [1.807, 2.05) is 0 Å². The predicted octanol–water partition coefficient (Wildman–Crippen LogP) is 3.79. The Morgan fingerprint density at radius 3 is 2.31 bits per heavy atom. The number of anilines is 1. The molecular formula is C20H19ClF4N2O4S. The van der Waals surface area contributed by atoms with E-state index in [1.165, 1.54) is 17.0 Å². The van der Waals surface area contributed by atoms with Gasteiger partial charge in [-0.15, -0.1) is 0 Å². The Hall–Kier alpha value is -2.53. The fraction of sp³-hybridized carbons (Fsp3) is 0.350. The van der Waals surface area contributed by atoms with Crippen LogP contribution in [0.5, 0.6) is 5.75 Å². The fourth-order valence-electron chi connectivity index (χ4n) is 3.25. The van der Waals surface area contributed by atoms with Crippen molar-refractivity contribution in [3.8, 4) is 5.75 Å². The average molecular weight is 495 g/mol. The molecule has 1 heterocycles. The van der Waals surface area contributed by atoms with Crippen LogP contribution in [0.3, 0.4) is 0 Å². The minimum Gasteiger partial charge on any atom is -0.483 e. The number of piperazine rings is 1. The summed E-state index contributed by atoms with van der Waals surface area (Å²) in [5.74, 6) is -1.56. The summed E-state index contributed by atoms with van der Waals surface area (Å²) in [5.41, 5.74) is 0.0260. The first kappa shape index (κ1) is 24.1. The lowest BCUT2D eigenvalue weighted by atomic mass is 10.1. The van der Waals surface area contributed by atoms with Gasteiger partial charge in [0.25, 0.3) is 5.91 Å². The molecule has 1 aliphatic rings. The number of rotatable bonds is 5. The van der Waals surface area contributed by atoms with Crippen molar-refractivity contribution in [3.05, 3.63) is 52.8 Å². The summed E-state index contributed by atoms with van der Waals surface area (Å²) in [4.78, 5) is 15.9. The van der Waals surface area contributed by atoms with Gasteiger partial charge in [0, 0.05) is 37.5 Å². The standard InChI is InChI=1S/C20H19ClF4N2O4S/c1-32(29,30)14-3-5-18(31-12-20(23,24)25)15(11-14)19(28)27-8-6-26(7-9-27)17-4-2-13(21)10-16(17)22/h2-5,10-11H,6-9,12H2,1H3. The minimum atomic E-state index is -4.63. The van der Waals surface area contributed by atoms with Crippen molar-refractivity contribution in [2.24, 2.45) is 0 Å². The maximum Gasteiger partial charge on any atom is 0.422 e. The second-order valence-electron chi connectivity index (χ2n) is 7.21. The van der Waals surface area contributed by atoms with E-state index in [-0.39, 0.29) is 47.4 Å². The Bertz CT molecular complexity index is 1120. The lowest BCUT2D eigenvalue weighted by Crippen LogP contribution is -2.49. The van der Waals surface area contributed by atoms with Crippen molar-refractivity contribution in [1.82, 2.24) is 4.90 Å². The van der Waals surface area contributed by atoms with Crippen molar-refractivity contribution in [3.63, 3.8) is 0 Å². The SMILES string of the molecule is CS(=O)(=O)c1ccc(OCC(F)(F)F)c(C(=O)N2CCN(c3ccc(Cl)cc3F)CC2)c1. The van der Waals surface area contributed by atoms with E-state index in [0.29, 0.717) is 5.69 Å². The molecule has 6 nitrogen and oxygen atoms in total. The number of benzene rings is 2. The lowest BCUT2D eigenvalue weighted by molar-refractivity contribution is -0.153. The summed E-state index contributed by atoms with van der Waals surface area (Å²) in [6, 6.07) is 7.37. The van der Waals surface area contributed by atoms with Gasteiger partial charge in [0.2, 0.25) is 0 Å². The molecule has 0 unspecified atom stereocenters. The van der Waals surface area contributed by atoms with Gasteiger partial charge in [0.1, 0.15) is 11.6 Å². The molecule has 174 valence electrons. The first-order valence-corrected chi connectivity index (χ1v) is 11.6. The molecule has 0 saturated carbocycles. The van der Waals surface area contributed by atoms with Crippen LogP contribution in [0.2, 0.25) is 5.02 Å². The number of amides is 1. The highest BCUT2D eigenvalue weighted by Crippen LogP contribution is 2.28. The van der Waals surface area contributed by atoms with E-state index in [9.17, 15) is 30.8 Å². The van der Waals surface area contributed by atoms with Crippen LogP contribution < -0.4 is 9.64 Å². The van der Waals surface area contributed by atoms with E-state index in [0.717, 1.165) is 24.5 Å². The van der Waals surface area contributed by atoms with Crippen molar-refractivity contribution in [2.75, 3.05) is 43.9 Å². The average Bonchev–Trinajstić information content (AvgIpc) is 2.70. The molecule has 2 aromatic rings. The maximum absolute atomic E-state index is 14.2. The quantitative estimate of drug-likeness (QED) is 0.592. The van der Waals surface area contributed by atoms with Gasteiger partial charge in [0.15, 0.2) is 16.4 Å². The summed E-state index contributed by atoms with van der Waals surface area (Å²) < 4.78 is 80.5. The van der Waals surface area contributed by atoms with Gasteiger partial charge in [-0.3, -0.25) is 4.79 Å². The largest absolute Gasteiger partial charge is 0.483 e. The van der Waals surface area contributed by atoms with Crippen LogP contribution in [-0.4, -0.2) is 64.4 Å². The molecule has 32 heavy (non-hydrogen) atoms. The molecule has 0 bridgehead atoms. The highest BCUT2D eigenvalue weighted by Gasteiger charge is 2.31. The molecule has 0 N–H and O–H groups in total. The molecule has 0 atom stereocenters. The summed E-state index contributed by atoms with van der Waals surface area (Å²) in [5, 5.41) is 0.247. The third-order valence-corrected chi connectivity index (χ3v) is 6.16. The number of carbonyl (C=O) groups is 1. The number of ether oxygens (including phenoxy) is 1. The number of alkyl halides is 3. The van der Waals surface area contributed by atoms with E-state index in [1.54, 1.807) is 11.0 Å². The van der Waals surface area contributed by atoms with Gasteiger partial charge in [-0.2, -0.15) is 13.2 Å². The Morgan fingerprint density at radius 2 is 1.75 bits per heavy atom. The van der Waals surface area contributed by atoms with Crippen molar-refractivity contribution < 1.29 is 35.5 Å². The normalized spacial score (nSPS) is 15.1. The molecule has 12 heteroatoms. The third kappa shape index (κ3) is 5.83. The van der Waals surface area contributed by atoms with Gasteiger partial charge < -0.3 is 14.5 Å². The third-order valence-electron chi connectivity index (χ3n) is 4.82. The number of hydrogen-bond acceptors (Lipinski definition) is 5. The second-order valence-corrected chi connectivity index (χ2v) is 9.66. The van der Waals surface area contributed by atoms with Crippen molar-refractivity contribution in [1.29, 1.82) is 0 Å². The second kappa shape index (κ2) is 9.14. The zero-order chi connectivity index (χ0) is 23.7. The highest BCUT2D eigenvalue weighted by atomic mass is 35.5. The molecule has 0 spiro atoms. The summed E-state index contributed by atoms with van der Waals surface area (Å²) >= 11 is 5.77. The summed E-state index contributed by atoms with van der Waals surface area (Å²) in [7, 11) is -3.71. The van der Waals surface area contributed by atoms with Crippen LogP contribution in [0, 0.1) is 5.82 Å². The monoisotopic (exact) mass is 494 g/mol. The first-order valence-electron chi connectivity index (χ1n) is 9.38. The van der Waals surface area contributed by atoms with Gasteiger partial charge in [-0.1, -0.05) is 11.6 Å². The molecule has 0 aliphatic carbocycles. The van der Waals surface area contributed by atoms with Crippen LogP contribution in [-0.2, 0) is 9.84 Å². The molecule has 3 rings (SSSR count). The number of halogens is 5. The summed E-state index contributed by atoms with van der Waals surface area (Å²) in [6.45, 7) is -0.829. The Labute approximate surface area is 187 Å². The number of hydrogen-bond donors (Lipinski definition) is 0. The Balaban J connectivity index is 1.81. The summed E-state index contributed by atoms with van der Waals surface area (Å²) in [6.07, 6.45) is -3.71. The zero-order valence-corrected chi connectivity index (χ0v) is 18.4. The lowest BCUT2D eigenvalue weighted by Gasteiger charge is -2.36. The fourth-order valence-corrected chi connectivity index (χ4v) is 4.06. The Kier molecular flexibility index (Phi) is 6.89. The van der Waals surface area contributed by atoms with Gasteiger partial charge in [-0.05, 0) is 36.4 Å². The van der Waals surface area contributed by atoms with E-state index >= 15 is 0 Å². The van der Waals surface area contributed by atoms with Crippen LogP contribution >= 0.6 is 11.6 Å². The topological polar surface area (TPSA) is 66.9 Å². The van der Waals surface area contributed by atoms with Gasteiger partial charge in [-0.25, -0.2) is 12.8 Å². The van der Waals surface area contributed by atoms with Crippen LogP contribution in [0.1, 0.15) is 10.4 Å². The molecule has 2 aromatic carbocycles. The first-order chi connectivity index (χ1) is 14.8. The number of carbonyl (C=O) groups excluding carboxylic acids is 1. The minimum absolute atomic E-state index is 0.142. The predicted molar refractivity (Wildman–Crippen MR) is 111 cm³/mol. The molecule has 1 amide bonds. The van der Waals surface area contributed by atoms with E-state index in [4.69, 9.17) is 16.3 Å². The Morgan fingerprint density at radius 1 is 1.09 bits per heavy atom. The van der Waals surface area contributed by atoms with Crippen LogP contribution in [0.4, 0.5) is 23.2 Å². The molecule has 0 aromatic heterocycles. The van der Waals surface area contributed by atoms with E-state index in [2.05, 4.69) is 0 Å². The zero-order valence-electron chi connectivity index (χ0n) is 16.8. The van der Waals surface area contributed by atoms with Crippen molar-refractivity contribution in [2.45, 2.75) is 11.1 Å². The smallest absolute Gasteiger partial charge is 0.422 e. The van der Waals surface area contributed by atoms with E-state index < -0.39 is 34.3 Å². The van der Waals surface area contributed by atoms with Crippen LogP contribution in [0.15, 0.2) is 41.3 Å². The molecule has 1 aliphatic heterocycles. The van der Waals surface area contributed by atoms with Crippen molar-refractivity contribution >= 4 is 33.0 Å². The van der Waals surface area contributed by atoms with Crippen LogP contribution in [0.25, 0.3) is 0 Å². The maximum atomic E-state index is 14.2. The number of sulfone groups is 1. The molecular weight excluding hydrogens is 476 g/mol. The molecule has 0 radical (unpaired) electrons.